The van der Waals surface area contributed by atoms with Crippen LogP contribution in [0.5, 0.6) is 11.5 Å². The zero-order valence-electron chi connectivity index (χ0n) is 18.5. The third kappa shape index (κ3) is 4.38. The zero-order valence-corrected chi connectivity index (χ0v) is 18.5. The maximum Gasteiger partial charge on any atom is 0.254 e. The molecule has 31 heavy (non-hydrogen) atoms. The zero-order chi connectivity index (χ0) is 22.0. The highest BCUT2D eigenvalue weighted by molar-refractivity contribution is 5.94. The predicted octanol–water partition coefficient (Wildman–Crippen LogP) is 3.89. The molecule has 1 saturated carbocycles. The number of rotatable bonds is 3. The van der Waals surface area contributed by atoms with Crippen LogP contribution in [0.15, 0.2) is 48.5 Å². The van der Waals surface area contributed by atoms with E-state index < -0.39 is 5.60 Å². The fourth-order valence-electron chi connectivity index (χ4n) is 4.70. The highest BCUT2D eigenvalue weighted by Crippen LogP contribution is 2.39. The summed E-state index contributed by atoms with van der Waals surface area (Å²) in [6, 6.07) is 15.4. The van der Waals surface area contributed by atoms with Gasteiger partial charge in [0.15, 0.2) is 0 Å². The minimum Gasteiger partial charge on any atom is -0.497 e. The molecular formula is C25H30N2O4. The molecule has 6 heteroatoms. The molecule has 164 valence electrons. The van der Waals surface area contributed by atoms with Gasteiger partial charge in [-0.2, -0.15) is 0 Å². The van der Waals surface area contributed by atoms with Gasteiger partial charge in [0.2, 0.25) is 5.91 Å². The highest BCUT2D eigenvalue weighted by Gasteiger charge is 2.43. The average Bonchev–Trinajstić information content (AvgIpc) is 2.95. The number of para-hydroxylation sites is 1. The van der Waals surface area contributed by atoms with Crippen molar-refractivity contribution in [1.82, 2.24) is 9.80 Å². The lowest BCUT2D eigenvalue weighted by molar-refractivity contribution is -0.131. The van der Waals surface area contributed by atoms with E-state index in [1.54, 1.807) is 14.0 Å². The van der Waals surface area contributed by atoms with Crippen LogP contribution >= 0.6 is 0 Å². The Balaban J connectivity index is 1.60. The lowest BCUT2D eigenvalue weighted by Gasteiger charge is -2.43. The van der Waals surface area contributed by atoms with Gasteiger partial charge in [-0.15, -0.1) is 0 Å². The molecule has 1 aliphatic carbocycles. The van der Waals surface area contributed by atoms with E-state index in [1.165, 1.54) is 0 Å². The number of nitrogens with zero attached hydrogens (tertiary/aromatic N) is 2. The summed E-state index contributed by atoms with van der Waals surface area (Å²) in [7, 11) is 3.48. The van der Waals surface area contributed by atoms with Crippen LogP contribution in [0.4, 0.5) is 0 Å². The van der Waals surface area contributed by atoms with Crippen LogP contribution in [0, 0.1) is 0 Å². The summed E-state index contributed by atoms with van der Waals surface area (Å²) < 4.78 is 11.8. The number of hydrogen-bond donors (Lipinski definition) is 0. The lowest BCUT2D eigenvalue weighted by atomic mass is 9.81. The molecule has 2 amide bonds. The third-order valence-corrected chi connectivity index (χ3v) is 6.67. The van der Waals surface area contributed by atoms with Gasteiger partial charge in [-0.1, -0.05) is 18.2 Å². The SMILES string of the molecule is COc1ccc(C(=O)N2Cc3ccccc3OC3(CCC(N(C)C(C)=O)CC3)C2)cc1. The van der Waals surface area contributed by atoms with Gasteiger partial charge in [0.05, 0.1) is 13.7 Å². The summed E-state index contributed by atoms with van der Waals surface area (Å²) in [5.74, 6) is 1.66. The number of hydrogen-bond acceptors (Lipinski definition) is 4. The number of carbonyl (C=O) groups is 2. The van der Waals surface area contributed by atoms with E-state index in [4.69, 9.17) is 9.47 Å². The second-order valence-corrected chi connectivity index (χ2v) is 8.64. The Kier molecular flexibility index (Phi) is 5.90. The first-order valence-electron chi connectivity index (χ1n) is 10.8. The largest absolute Gasteiger partial charge is 0.497 e. The van der Waals surface area contributed by atoms with Crippen LogP contribution in [0.1, 0.15) is 48.5 Å². The Hall–Kier alpha value is -3.02. The quantitative estimate of drug-likeness (QED) is 0.753. The predicted molar refractivity (Wildman–Crippen MR) is 118 cm³/mol. The Morgan fingerprint density at radius 2 is 1.77 bits per heavy atom. The van der Waals surface area contributed by atoms with Crippen molar-refractivity contribution in [3.63, 3.8) is 0 Å². The summed E-state index contributed by atoms with van der Waals surface area (Å²) in [4.78, 5) is 29.0. The Morgan fingerprint density at radius 1 is 1.10 bits per heavy atom. The second kappa shape index (κ2) is 8.61. The van der Waals surface area contributed by atoms with Gasteiger partial charge in [-0.3, -0.25) is 9.59 Å². The monoisotopic (exact) mass is 422 g/mol. The van der Waals surface area contributed by atoms with Crippen molar-refractivity contribution in [2.75, 3.05) is 20.7 Å². The van der Waals surface area contributed by atoms with Crippen LogP contribution in [-0.4, -0.2) is 54.0 Å². The first-order valence-corrected chi connectivity index (χ1v) is 10.8. The standard InChI is InChI=1S/C25H30N2O4/c1-18(28)26(2)21-12-14-25(15-13-21)17-27(16-20-6-4-5-7-23(20)31-25)24(29)19-8-10-22(30-3)11-9-19/h4-11,21H,12-17H2,1-3H3. The normalized spacial score (nSPS) is 22.8. The molecule has 0 atom stereocenters. The summed E-state index contributed by atoms with van der Waals surface area (Å²) in [6.07, 6.45) is 3.33. The molecule has 2 aromatic rings. The number of amides is 2. The molecule has 0 unspecified atom stereocenters. The fraction of sp³-hybridized carbons (Fsp3) is 0.440. The van der Waals surface area contributed by atoms with Gasteiger partial charge in [-0.25, -0.2) is 0 Å². The molecule has 1 fully saturated rings. The maximum absolute atomic E-state index is 13.4. The molecule has 0 N–H and O–H groups in total. The van der Waals surface area contributed by atoms with E-state index in [0.717, 1.165) is 42.7 Å². The molecule has 2 aliphatic rings. The molecule has 0 radical (unpaired) electrons. The number of carbonyl (C=O) groups excluding carboxylic acids is 2. The molecule has 0 aromatic heterocycles. The van der Waals surface area contributed by atoms with Gasteiger partial charge in [0, 0.05) is 37.7 Å². The Morgan fingerprint density at radius 3 is 2.42 bits per heavy atom. The smallest absolute Gasteiger partial charge is 0.254 e. The molecule has 0 bridgehead atoms. The van der Waals surface area contributed by atoms with Crippen LogP contribution in [0.2, 0.25) is 0 Å². The lowest BCUT2D eigenvalue weighted by Crippen LogP contribution is -2.52. The molecule has 6 nitrogen and oxygen atoms in total. The topological polar surface area (TPSA) is 59.1 Å². The van der Waals surface area contributed by atoms with E-state index in [2.05, 4.69) is 0 Å². The molecule has 1 spiro atoms. The summed E-state index contributed by atoms with van der Waals surface area (Å²) in [6.45, 7) is 2.65. The van der Waals surface area contributed by atoms with Crippen molar-refractivity contribution in [3.05, 3.63) is 59.7 Å². The van der Waals surface area contributed by atoms with Crippen molar-refractivity contribution in [1.29, 1.82) is 0 Å². The van der Waals surface area contributed by atoms with Crippen LogP contribution < -0.4 is 9.47 Å². The molecule has 1 aliphatic heterocycles. The van der Waals surface area contributed by atoms with Crippen LogP contribution in [0.3, 0.4) is 0 Å². The van der Waals surface area contributed by atoms with Crippen LogP contribution in [-0.2, 0) is 11.3 Å². The van der Waals surface area contributed by atoms with Crippen molar-refractivity contribution in [2.24, 2.45) is 0 Å². The van der Waals surface area contributed by atoms with E-state index in [-0.39, 0.29) is 17.9 Å². The van der Waals surface area contributed by atoms with E-state index >= 15 is 0 Å². The maximum atomic E-state index is 13.4. The van der Waals surface area contributed by atoms with Crippen LogP contribution in [0.25, 0.3) is 0 Å². The molecule has 2 aromatic carbocycles. The van der Waals surface area contributed by atoms with Crippen molar-refractivity contribution in [2.45, 2.75) is 50.8 Å². The first-order chi connectivity index (χ1) is 14.9. The van der Waals surface area contributed by atoms with Gasteiger partial charge >= 0.3 is 0 Å². The number of benzene rings is 2. The van der Waals surface area contributed by atoms with E-state index in [9.17, 15) is 9.59 Å². The summed E-state index contributed by atoms with van der Waals surface area (Å²) in [5.41, 5.74) is 1.22. The van der Waals surface area contributed by atoms with Crippen molar-refractivity contribution >= 4 is 11.8 Å². The summed E-state index contributed by atoms with van der Waals surface area (Å²) in [5, 5.41) is 0. The van der Waals surface area contributed by atoms with E-state index in [0.29, 0.717) is 18.7 Å². The van der Waals surface area contributed by atoms with Gasteiger partial charge in [0.1, 0.15) is 17.1 Å². The fourth-order valence-corrected chi connectivity index (χ4v) is 4.70. The van der Waals surface area contributed by atoms with Crippen molar-refractivity contribution in [3.8, 4) is 11.5 Å². The third-order valence-electron chi connectivity index (χ3n) is 6.67. The minimum absolute atomic E-state index is 0.00897. The Bertz CT molecular complexity index is 948. The second-order valence-electron chi connectivity index (χ2n) is 8.64. The molecule has 1 heterocycles. The molecule has 4 rings (SSSR count). The average molecular weight is 423 g/mol. The summed E-state index contributed by atoms with van der Waals surface area (Å²) >= 11 is 0. The number of ether oxygens (including phenoxy) is 2. The van der Waals surface area contributed by atoms with E-state index in [1.807, 2.05) is 65.4 Å². The molecule has 0 saturated heterocycles. The Labute approximate surface area is 183 Å². The number of methoxy groups -OCH3 is 1. The highest BCUT2D eigenvalue weighted by atomic mass is 16.5. The van der Waals surface area contributed by atoms with Gasteiger partial charge in [-0.05, 0) is 56.0 Å². The van der Waals surface area contributed by atoms with Crippen molar-refractivity contribution < 1.29 is 19.1 Å². The number of fused-ring (bicyclic) bond motifs is 1. The van der Waals surface area contributed by atoms with Gasteiger partial charge in [0.25, 0.3) is 5.91 Å². The first kappa shape index (κ1) is 21.2. The van der Waals surface area contributed by atoms with Gasteiger partial charge < -0.3 is 19.3 Å². The minimum atomic E-state index is -0.442. The molecular weight excluding hydrogens is 392 g/mol.